The Hall–Kier alpha value is -3.24. The van der Waals surface area contributed by atoms with Crippen LogP contribution in [0.25, 0.3) is 10.9 Å². The van der Waals surface area contributed by atoms with Gasteiger partial charge < -0.3 is 15.0 Å². The number of nitriles is 1. The number of esters is 1. The number of anilines is 1. The van der Waals surface area contributed by atoms with E-state index in [9.17, 15) is 9.59 Å². The van der Waals surface area contributed by atoms with E-state index in [-0.39, 0.29) is 5.75 Å². The average Bonchev–Trinajstić information content (AvgIpc) is 3.10. The van der Waals surface area contributed by atoms with E-state index in [1.54, 1.807) is 18.2 Å². The molecule has 0 aliphatic carbocycles. The first-order valence-electron chi connectivity index (χ1n) is 8.63. The van der Waals surface area contributed by atoms with E-state index in [2.05, 4.69) is 16.4 Å². The van der Waals surface area contributed by atoms with Crippen LogP contribution in [0.4, 0.5) is 5.69 Å². The normalized spacial score (nSPS) is 10.5. The van der Waals surface area contributed by atoms with Crippen molar-refractivity contribution in [2.75, 3.05) is 17.7 Å². The summed E-state index contributed by atoms with van der Waals surface area (Å²) in [5.74, 6) is -0.752. The van der Waals surface area contributed by atoms with Crippen molar-refractivity contribution >= 4 is 40.2 Å². The molecular formula is C21H19N3O3S. The molecule has 2 aromatic carbocycles. The third kappa shape index (κ3) is 4.53. The van der Waals surface area contributed by atoms with Crippen molar-refractivity contribution in [3.05, 3.63) is 59.3 Å². The van der Waals surface area contributed by atoms with Crippen molar-refractivity contribution in [3.63, 3.8) is 0 Å². The number of carbonyl (C=O) groups is 2. The number of aromatic amines is 1. The van der Waals surface area contributed by atoms with E-state index in [0.717, 1.165) is 26.9 Å². The minimum atomic E-state index is -0.587. The summed E-state index contributed by atoms with van der Waals surface area (Å²) in [6.45, 7) is 3.57. The van der Waals surface area contributed by atoms with Crippen molar-refractivity contribution in [1.29, 1.82) is 5.26 Å². The highest BCUT2D eigenvalue weighted by Crippen LogP contribution is 2.26. The maximum Gasteiger partial charge on any atom is 0.355 e. The highest BCUT2D eigenvalue weighted by atomic mass is 32.2. The summed E-state index contributed by atoms with van der Waals surface area (Å²) in [6.07, 6.45) is 0. The number of hydrogen-bond acceptors (Lipinski definition) is 5. The number of aryl methyl sites for hydroxylation is 2. The summed E-state index contributed by atoms with van der Waals surface area (Å²) in [7, 11) is 0. The summed E-state index contributed by atoms with van der Waals surface area (Å²) >= 11 is 1.33. The van der Waals surface area contributed by atoms with E-state index in [0.29, 0.717) is 11.4 Å². The number of nitrogens with zero attached hydrogens (tertiary/aromatic N) is 1. The molecule has 0 atom stereocenters. The van der Waals surface area contributed by atoms with E-state index in [4.69, 9.17) is 10.00 Å². The van der Waals surface area contributed by atoms with Crippen molar-refractivity contribution in [3.8, 4) is 6.07 Å². The van der Waals surface area contributed by atoms with Gasteiger partial charge in [0.1, 0.15) is 5.69 Å². The van der Waals surface area contributed by atoms with Gasteiger partial charge in [0, 0.05) is 15.8 Å². The second-order valence-electron chi connectivity index (χ2n) is 6.29. The lowest BCUT2D eigenvalue weighted by molar-refractivity contribution is -0.119. The molecule has 2 N–H and O–H groups in total. The van der Waals surface area contributed by atoms with Gasteiger partial charge in [-0.05, 0) is 49.2 Å². The number of thioether (sulfide) groups is 1. The number of ether oxygens (including phenoxy) is 1. The number of nitrogens with one attached hydrogen (secondary N) is 2. The highest BCUT2D eigenvalue weighted by Gasteiger charge is 2.15. The SMILES string of the molecule is Cc1cc(C)c2cc(C(=O)OCC(=O)Nc3ccccc3SCC#N)[nH]c2c1. The maximum absolute atomic E-state index is 12.3. The lowest BCUT2D eigenvalue weighted by atomic mass is 10.1. The molecule has 7 heteroatoms. The first-order valence-corrected chi connectivity index (χ1v) is 9.62. The van der Waals surface area contributed by atoms with Gasteiger partial charge in [-0.3, -0.25) is 4.79 Å². The molecule has 0 unspecified atom stereocenters. The molecule has 1 amide bonds. The zero-order chi connectivity index (χ0) is 20.1. The Labute approximate surface area is 166 Å². The summed E-state index contributed by atoms with van der Waals surface area (Å²) in [5.41, 5.74) is 3.91. The molecule has 142 valence electrons. The standard InChI is InChI=1S/C21H19N3O3S/c1-13-9-14(2)15-11-18(23-17(15)10-13)21(26)27-12-20(25)24-16-5-3-4-6-19(16)28-8-7-22/h3-6,9-11,23H,8,12H2,1-2H3,(H,24,25). The number of hydrogen-bond donors (Lipinski definition) is 2. The van der Waals surface area contributed by atoms with Crippen molar-refractivity contribution < 1.29 is 14.3 Å². The molecule has 0 radical (unpaired) electrons. The zero-order valence-electron chi connectivity index (χ0n) is 15.5. The Morgan fingerprint density at radius 1 is 1.21 bits per heavy atom. The molecule has 0 saturated heterocycles. The fourth-order valence-electron chi connectivity index (χ4n) is 2.91. The zero-order valence-corrected chi connectivity index (χ0v) is 16.4. The Morgan fingerprint density at radius 3 is 2.79 bits per heavy atom. The first-order chi connectivity index (χ1) is 13.5. The van der Waals surface area contributed by atoms with Crippen LogP contribution in [0.5, 0.6) is 0 Å². The van der Waals surface area contributed by atoms with E-state index < -0.39 is 18.5 Å². The van der Waals surface area contributed by atoms with Crippen molar-refractivity contribution in [2.24, 2.45) is 0 Å². The molecule has 1 heterocycles. The highest BCUT2D eigenvalue weighted by molar-refractivity contribution is 7.99. The van der Waals surface area contributed by atoms with Gasteiger partial charge >= 0.3 is 5.97 Å². The van der Waals surface area contributed by atoms with Gasteiger partial charge in [0.25, 0.3) is 5.91 Å². The molecule has 0 fully saturated rings. The van der Waals surface area contributed by atoms with Crippen molar-refractivity contribution in [2.45, 2.75) is 18.7 Å². The van der Waals surface area contributed by atoms with Crippen LogP contribution >= 0.6 is 11.8 Å². The summed E-state index contributed by atoms with van der Waals surface area (Å²) < 4.78 is 5.14. The van der Waals surface area contributed by atoms with E-state index >= 15 is 0 Å². The molecular weight excluding hydrogens is 374 g/mol. The molecule has 6 nitrogen and oxygen atoms in total. The summed E-state index contributed by atoms with van der Waals surface area (Å²) in [5, 5.41) is 12.4. The Kier molecular flexibility index (Phi) is 6.02. The van der Waals surface area contributed by atoms with Gasteiger partial charge in [-0.2, -0.15) is 5.26 Å². The van der Waals surface area contributed by atoms with Gasteiger partial charge in [0.05, 0.1) is 17.5 Å². The topological polar surface area (TPSA) is 95.0 Å². The lowest BCUT2D eigenvalue weighted by Crippen LogP contribution is -2.21. The molecule has 0 spiro atoms. The molecule has 0 bridgehead atoms. The number of para-hydroxylation sites is 1. The molecule has 3 aromatic rings. The number of benzene rings is 2. The fraction of sp³-hybridized carbons (Fsp3) is 0.190. The minimum Gasteiger partial charge on any atom is -0.451 e. The van der Waals surface area contributed by atoms with Crippen LogP contribution in [0.1, 0.15) is 21.6 Å². The largest absolute Gasteiger partial charge is 0.451 e. The second-order valence-corrected chi connectivity index (χ2v) is 7.31. The Bertz CT molecular complexity index is 1080. The number of amides is 1. The quantitative estimate of drug-likeness (QED) is 0.483. The van der Waals surface area contributed by atoms with Crippen LogP contribution in [0.2, 0.25) is 0 Å². The minimum absolute atomic E-state index is 0.279. The molecule has 28 heavy (non-hydrogen) atoms. The third-order valence-electron chi connectivity index (χ3n) is 4.10. The molecule has 0 aliphatic heterocycles. The van der Waals surface area contributed by atoms with Crippen LogP contribution < -0.4 is 5.32 Å². The first kappa shape index (κ1) is 19.5. The van der Waals surface area contributed by atoms with E-state index in [1.165, 1.54) is 11.8 Å². The van der Waals surface area contributed by atoms with Crippen LogP contribution in [0, 0.1) is 25.2 Å². The average molecular weight is 393 g/mol. The third-order valence-corrected chi connectivity index (χ3v) is 5.04. The van der Waals surface area contributed by atoms with Gasteiger partial charge in [-0.1, -0.05) is 18.2 Å². The van der Waals surface area contributed by atoms with Gasteiger partial charge in [-0.15, -0.1) is 11.8 Å². The van der Waals surface area contributed by atoms with Gasteiger partial charge in [-0.25, -0.2) is 4.79 Å². The number of carbonyl (C=O) groups excluding carboxylic acids is 2. The lowest BCUT2D eigenvalue weighted by Gasteiger charge is -2.09. The maximum atomic E-state index is 12.3. The van der Waals surface area contributed by atoms with Crippen LogP contribution in [-0.4, -0.2) is 29.2 Å². The summed E-state index contributed by atoms with van der Waals surface area (Å²) in [4.78, 5) is 28.3. The fourth-order valence-corrected chi connectivity index (χ4v) is 3.58. The Balaban J connectivity index is 1.63. The monoisotopic (exact) mass is 393 g/mol. The number of H-pyrrole nitrogens is 1. The van der Waals surface area contributed by atoms with Crippen LogP contribution in [0.15, 0.2) is 47.4 Å². The van der Waals surface area contributed by atoms with Gasteiger partial charge in [0.15, 0.2) is 6.61 Å². The predicted molar refractivity (Wildman–Crippen MR) is 109 cm³/mol. The number of aromatic nitrogens is 1. The smallest absolute Gasteiger partial charge is 0.355 e. The molecule has 1 aromatic heterocycles. The predicted octanol–water partition coefficient (Wildman–Crippen LogP) is 4.20. The summed E-state index contributed by atoms with van der Waals surface area (Å²) in [6, 6.07) is 15.0. The van der Waals surface area contributed by atoms with Crippen LogP contribution in [-0.2, 0) is 9.53 Å². The number of rotatable bonds is 6. The number of fused-ring (bicyclic) bond motifs is 1. The molecule has 0 saturated carbocycles. The molecule has 3 rings (SSSR count). The van der Waals surface area contributed by atoms with Gasteiger partial charge in [0.2, 0.25) is 0 Å². The second kappa shape index (κ2) is 8.63. The molecule has 0 aliphatic rings. The van der Waals surface area contributed by atoms with E-state index in [1.807, 2.05) is 38.1 Å². The van der Waals surface area contributed by atoms with Crippen molar-refractivity contribution in [1.82, 2.24) is 4.98 Å². The van der Waals surface area contributed by atoms with Crippen LogP contribution in [0.3, 0.4) is 0 Å². The Morgan fingerprint density at radius 2 is 2.00 bits per heavy atom.